The van der Waals surface area contributed by atoms with Crippen LogP contribution in [0.15, 0.2) is 18.2 Å². The van der Waals surface area contributed by atoms with Gasteiger partial charge in [0.25, 0.3) is 5.91 Å². The first-order valence-corrected chi connectivity index (χ1v) is 7.34. The molecule has 1 aliphatic heterocycles. The van der Waals surface area contributed by atoms with E-state index in [1.54, 1.807) is 37.2 Å². The molecule has 0 saturated carbocycles. The van der Waals surface area contributed by atoms with Gasteiger partial charge in [0.15, 0.2) is 0 Å². The normalized spacial score (nSPS) is 18.5. The van der Waals surface area contributed by atoms with Gasteiger partial charge in [-0.2, -0.15) is 0 Å². The van der Waals surface area contributed by atoms with Crippen molar-refractivity contribution in [2.24, 2.45) is 0 Å². The second kappa shape index (κ2) is 6.64. The number of piperazine rings is 1. The Morgan fingerprint density at radius 1 is 1.24 bits per heavy atom. The lowest BCUT2D eigenvalue weighted by Crippen LogP contribution is -2.59. The second-order valence-electron chi connectivity index (χ2n) is 5.11. The van der Waals surface area contributed by atoms with E-state index in [0.29, 0.717) is 35.2 Å². The average Bonchev–Trinajstić information content (AvgIpc) is 2.44. The topological polar surface area (TPSA) is 52.7 Å². The largest absolute Gasteiger partial charge is 0.347 e. The van der Waals surface area contributed by atoms with Gasteiger partial charge in [0, 0.05) is 49.3 Å². The van der Waals surface area contributed by atoms with Crippen LogP contribution in [0, 0.1) is 0 Å². The molecule has 1 atom stereocenters. The Labute approximate surface area is 133 Å². The summed E-state index contributed by atoms with van der Waals surface area (Å²) in [7, 11) is 3.35. The number of amides is 2. The van der Waals surface area contributed by atoms with Crippen LogP contribution in [-0.4, -0.2) is 61.4 Å². The smallest absolute Gasteiger partial charge is 0.254 e. The number of hydrogen-bond acceptors (Lipinski definition) is 3. The fourth-order valence-corrected chi connectivity index (χ4v) is 2.84. The predicted molar refractivity (Wildman–Crippen MR) is 82.9 cm³/mol. The Balaban J connectivity index is 2.28. The molecule has 7 heteroatoms. The van der Waals surface area contributed by atoms with Gasteiger partial charge in [0.05, 0.1) is 0 Å². The summed E-state index contributed by atoms with van der Waals surface area (Å²) in [6.07, 6.45) is 0. The summed E-state index contributed by atoms with van der Waals surface area (Å²) >= 11 is 11.9. The Kier molecular flexibility index (Phi) is 5.08. The van der Waals surface area contributed by atoms with E-state index >= 15 is 0 Å². The van der Waals surface area contributed by atoms with Gasteiger partial charge in [-0.25, -0.2) is 0 Å². The number of nitrogens with zero attached hydrogens (tertiary/aromatic N) is 2. The summed E-state index contributed by atoms with van der Waals surface area (Å²) in [5, 5.41) is 3.94. The highest BCUT2D eigenvalue weighted by Gasteiger charge is 2.33. The molecular formula is C14H17Cl2N3O2. The molecule has 1 aromatic carbocycles. The Bertz CT molecular complexity index is 543. The highest BCUT2D eigenvalue weighted by Crippen LogP contribution is 2.21. The van der Waals surface area contributed by atoms with E-state index in [2.05, 4.69) is 5.32 Å². The summed E-state index contributed by atoms with van der Waals surface area (Å²) in [5.74, 6) is -0.343. The monoisotopic (exact) mass is 329 g/mol. The second-order valence-corrected chi connectivity index (χ2v) is 5.98. The molecule has 1 fully saturated rings. The van der Waals surface area contributed by atoms with Crippen molar-refractivity contribution in [3.8, 4) is 0 Å². The first-order valence-electron chi connectivity index (χ1n) is 6.59. The third-order valence-corrected chi connectivity index (χ3v) is 3.78. The number of hydrogen-bond donors (Lipinski definition) is 1. The van der Waals surface area contributed by atoms with Crippen LogP contribution in [0.5, 0.6) is 0 Å². The number of benzene rings is 1. The molecule has 1 aliphatic rings. The predicted octanol–water partition coefficient (Wildman–Crippen LogP) is 1.50. The van der Waals surface area contributed by atoms with Gasteiger partial charge < -0.3 is 15.1 Å². The Morgan fingerprint density at radius 3 is 2.43 bits per heavy atom. The van der Waals surface area contributed by atoms with Crippen molar-refractivity contribution in [1.82, 2.24) is 15.1 Å². The average molecular weight is 330 g/mol. The molecule has 1 heterocycles. The summed E-state index contributed by atoms with van der Waals surface area (Å²) < 4.78 is 0. The minimum atomic E-state index is -0.515. The minimum Gasteiger partial charge on any atom is -0.347 e. The number of carbonyl (C=O) groups is 2. The first-order chi connectivity index (χ1) is 9.90. The van der Waals surface area contributed by atoms with E-state index in [1.807, 2.05) is 0 Å². The molecular weight excluding hydrogens is 313 g/mol. The molecule has 114 valence electrons. The van der Waals surface area contributed by atoms with E-state index in [0.717, 1.165) is 0 Å². The zero-order chi connectivity index (χ0) is 15.6. The number of nitrogens with one attached hydrogen (secondary N) is 1. The van der Waals surface area contributed by atoms with Gasteiger partial charge in [-0.15, -0.1) is 0 Å². The quantitative estimate of drug-likeness (QED) is 0.894. The molecule has 1 aromatic rings. The van der Waals surface area contributed by atoms with Gasteiger partial charge in [-0.1, -0.05) is 23.2 Å². The van der Waals surface area contributed by atoms with Gasteiger partial charge >= 0.3 is 0 Å². The molecule has 0 aliphatic carbocycles. The van der Waals surface area contributed by atoms with Gasteiger partial charge in [-0.3, -0.25) is 9.59 Å². The lowest BCUT2D eigenvalue weighted by atomic mass is 10.1. The summed E-state index contributed by atoms with van der Waals surface area (Å²) in [5.41, 5.74) is 0.394. The van der Waals surface area contributed by atoms with E-state index in [9.17, 15) is 9.59 Å². The van der Waals surface area contributed by atoms with Crippen LogP contribution in [0.4, 0.5) is 0 Å². The fourth-order valence-electron chi connectivity index (χ4n) is 2.31. The van der Waals surface area contributed by atoms with Crippen molar-refractivity contribution < 1.29 is 9.59 Å². The number of carbonyl (C=O) groups excluding carboxylic acids is 2. The van der Waals surface area contributed by atoms with Crippen molar-refractivity contribution in [3.63, 3.8) is 0 Å². The highest BCUT2D eigenvalue weighted by molar-refractivity contribution is 6.35. The molecule has 0 bridgehead atoms. The van der Waals surface area contributed by atoms with Gasteiger partial charge in [-0.05, 0) is 18.2 Å². The van der Waals surface area contributed by atoms with Crippen LogP contribution in [0.3, 0.4) is 0 Å². The Morgan fingerprint density at radius 2 is 1.86 bits per heavy atom. The van der Waals surface area contributed by atoms with E-state index in [1.165, 1.54) is 4.90 Å². The minimum absolute atomic E-state index is 0.108. The van der Waals surface area contributed by atoms with Gasteiger partial charge in [0.2, 0.25) is 5.91 Å². The maximum absolute atomic E-state index is 12.7. The lowest BCUT2D eigenvalue weighted by molar-refractivity contribution is -0.134. The zero-order valence-electron chi connectivity index (χ0n) is 11.9. The molecule has 1 N–H and O–H groups in total. The van der Waals surface area contributed by atoms with E-state index in [4.69, 9.17) is 23.2 Å². The van der Waals surface area contributed by atoms with E-state index in [-0.39, 0.29) is 11.8 Å². The lowest BCUT2D eigenvalue weighted by Gasteiger charge is -2.36. The zero-order valence-corrected chi connectivity index (χ0v) is 13.4. The SMILES string of the molecule is CN(C)C(=O)C1CNCCN1C(=O)c1cc(Cl)cc(Cl)c1. The van der Waals surface area contributed by atoms with Gasteiger partial charge in [0.1, 0.15) is 6.04 Å². The summed E-state index contributed by atoms with van der Waals surface area (Å²) in [6, 6.07) is 4.18. The Hall–Kier alpha value is -1.30. The van der Waals surface area contributed by atoms with Crippen molar-refractivity contribution in [1.29, 1.82) is 0 Å². The van der Waals surface area contributed by atoms with Crippen molar-refractivity contribution in [2.45, 2.75) is 6.04 Å². The molecule has 0 aromatic heterocycles. The third kappa shape index (κ3) is 3.67. The van der Waals surface area contributed by atoms with Crippen LogP contribution in [0.25, 0.3) is 0 Å². The molecule has 0 radical (unpaired) electrons. The van der Waals surface area contributed by atoms with Crippen molar-refractivity contribution in [3.05, 3.63) is 33.8 Å². The highest BCUT2D eigenvalue weighted by atomic mass is 35.5. The molecule has 0 spiro atoms. The summed E-state index contributed by atoms with van der Waals surface area (Å²) in [4.78, 5) is 27.9. The molecule has 2 amide bonds. The van der Waals surface area contributed by atoms with E-state index < -0.39 is 6.04 Å². The van der Waals surface area contributed by atoms with Crippen molar-refractivity contribution >= 4 is 35.0 Å². The molecule has 21 heavy (non-hydrogen) atoms. The number of rotatable bonds is 2. The summed E-state index contributed by atoms with van der Waals surface area (Å²) in [6.45, 7) is 1.56. The standard InChI is InChI=1S/C14H17Cl2N3O2/c1-18(2)14(21)12-8-17-3-4-19(12)13(20)9-5-10(15)7-11(16)6-9/h5-7,12,17H,3-4,8H2,1-2H3. The maximum atomic E-state index is 12.7. The molecule has 1 saturated heterocycles. The molecule has 2 rings (SSSR count). The number of halogens is 2. The van der Waals surface area contributed by atoms with Crippen LogP contribution in [-0.2, 0) is 4.79 Å². The molecule has 1 unspecified atom stereocenters. The first kappa shape index (κ1) is 16.1. The third-order valence-electron chi connectivity index (χ3n) is 3.34. The number of likely N-dealkylation sites (N-methyl/N-ethyl adjacent to an activating group) is 1. The molecule has 5 nitrogen and oxygen atoms in total. The van der Waals surface area contributed by atoms with Crippen LogP contribution < -0.4 is 5.32 Å². The van der Waals surface area contributed by atoms with Crippen molar-refractivity contribution in [2.75, 3.05) is 33.7 Å². The van der Waals surface area contributed by atoms with Crippen LogP contribution in [0.1, 0.15) is 10.4 Å². The van der Waals surface area contributed by atoms with Crippen LogP contribution in [0.2, 0.25) is 10.0 Å². The maximum Gasteiger partial charge on any atom is 0.254 e. The fraction of sp³-hybridized carbons (Fsp3) is 0.429. The van der Waals surface area contributed by atoms with Crippen LogP contribution >= 0.6 is 23.2 Å².